The van der Waals surface area contributed by atoms with E-state index in [1.54, 1.807) is 25.1 Å². The van der Waals surface area contributed by atoms with Gasteiger partial charge in [0.2, 0.25) is 0 Å². The maximum Gasteiger partial charge on any atom is 0.157 e. The Morgan fingerprint density at radius 2 is 2.06 bits per heavy atom. The van der Waals surface area contributed by atoms with Crippen molar-refractivity contribution < 1.29 is 12.8 Å². The van der Waals surface area contributed by atoms with Crippen molar-refractivity contribution in [2.75, 3.05) is 11.5 Å². The molecule has 2 aromatic rings. The van der Waals surface area contributed by atoms with Crippen LogP contribution in [0.15, 0.2) is 28.7 Å². The molecule has 16 heavy (non-hydrogen) atoms. The number of furan rings is 1. The molecule has 0 unspecified atom stereocenters. The number of rotatable bonds is 3. The molecule has 0 bridgehead atoms. The van der Waals surface area contributed by atoms with E-state index in [4.69, 9.17) is 10.2 Å². The molecule has 1 aromatic heterocycles. The zero-order chi connectivity index (χ0) is 11.8. The Morgan fingerprint density at radius 1 is 1.31 bits per heavy atom. The summed E-state index contributed by atoms with van der Waals surface area (Å²) in [6.45, 7) is 1.62. The molecule has 0 aliphatic carbocycles. The highest BCUT2D eigenvalue weighted by Crippen LogP contribution is 2.23. The Labute approximate surface area is 94.0 Å². The Kier molecular flexibility index (Phi) is 2.63. The smallest absolute Gasteiger partial charge is 0.157 e. The molecule has 0 aliphatic heterocycles. The van der Waals surface area contributed by atoms with E-state index in [1.165, 1.54) is 0 Å². The molecule has 0 saturated heterocycles. The maximum absolute atomic E-state index is 11.4. The standard InChI is InChI=1S/C11H13NO3S/c1-2-16(13,14)7-10-5-8-3-4-9(12)6-11(8)15-10/h3-6H,2,7,12H2,1H3. The van der Waals surface area contributed by atoms with Crippen molar-refractivity contribution in [1.82, 2.24) is 0 Å². The molecule has 2 rings (SSSR count). The predicted molar refractivity (Wildman–Crippen MR) is 63.8 cm³/mol. The fraction of sp³-hybridized carbons (Fsp3) is 0.273. The highest BCUT2D eigenvalue weighted by molar-refractivity contribution is 7.90. The summed E-state index contributed by atoms with van der Waals surface area (Å²) in [6.07, 6.45) is 0. The number of sulfone groups is 1. The SMILES string of the molecule is CCS(=O)(=O)Cc1cc2ccc(N)cc2o1. The Balaban J connectivity index is 2.40. The Bertz CT molecular complexity index is 613. The van der Waals surface area contributed by atoms with Crippen LogP contribution >= 0.6 is 0 Å². The van der Waals surface area contributed by atoms with Crippen LogP contribution in [0.2, 0.25) is 0 Å². The van der Waals surface area contributed by atoms with E-state index in [9.17, 15) is 8.42 Å². The lowest BCUT2D eigenvalue weighted by Gasteiger charge is -1.96. The molecule has 2 N–H and O–H groups in total. The van der Waals surface area contributed by atoms with Crippen LogP contribution in [0.3, 0.4) is 0 Å². The third-order valence-electron chi connectivity index (χ3n) is 2.40. The minimum atomic E-state index is -3.06. The van der Waals surface area contributed by atoms with E-state index in [0.29, 0.717) is 17.0 Å². The zero-order valence-electron chi connectivity index (χ0n) is 8.93. The van der Waals surface area contributed by atoms with Gasteiger partial charge in [-0.3, -0.25) is 0 Å². The number of anilines is 1. The van der Waals surface area contributed by atoms with Gasteiger partial charge in [0, 0.05) is 22.9 Å². The van der Waals surface area contributed by atoms with Crippen molar-refractivity contribution in [3.63, 3.8) is 0 Å². The fourth-order valence-electron chi connectivity index (χ4n) is 1.49. The molecule has 1 aromatic carbocycles. The van der Waals surface area contributed by atoms with Gasteiger partial charge in [-0.2, -0.15) is 0 Å². The molecule has 86 valence electrons. The van der Waals surface area contributed by atoms with E-state index >= 15 is 0 Å². The third kappa shape index (κ3) is 2.19. The van der Waals surface area contributed by atoms with Crippen LogP contribution in [0.25, 0.3) is 11.0 Å². The van der Waals surface area contributed by atoms with Crippen molar-refractivity contribution in [2.24, 2.45) is 0 Å². The van der Waals surface area contributed by atoms with Crippen molar-refractivity contribution >= 4 is 26.5 Å². The average Bonchev–Trinajstić information content (AvgIpc) is 2.58. The quantitative estimate of drug-likeness (QED) is 0.831. The molecular weight excluding hydrogens is 226 g/mol. The van der Waals surface area contributed by atoms with Gasteiger partial charge in [-0.25, -0.2) is 8.42 Å². The summed E-state index contributed by atoms with van der Waals surface area (Å²) >= 11 is 0. The van der Waals surface area contributed by atoms with Gasteiger partial charge in [0.1, 0.15) is 17.1 Å². The molecule has 0 aliphatic rings. The molecule has 0 amide bonds. The van der Waals surface area contributed by atoms with Crippen molar-refractivity contribution in [1.29, 1.82) is 0 Å². The Morgan fingerprint density at radius 3 is 2.75 bits per heavy atom. The van der Waals surface area contributed by atoms with Gasteiger partial charge in [0.15, 0.2) is 9.84 Å². The zero-order valence-corrected chi connectivity index (χ0v) is 9.75. The second-order valence-electron chi connectivity index (χ2n) is 3.69. The number of hydrogen-bond acceptors (Lipinski definition) is 4. The summed E-state index contributed by atoms with van der Waals surface area (Å²) in [5, 5.41) is 0.871. The van der Waals surface area contributed by atoms with Gasteiger partial charge >= 0.3 is 0 Å². The van der Waals surface area contributed by atoms with Crippen LogP contribution in [0.5, 0.6) is 0 Å². The number of nitrogen functional groups attached to an aromatic ring is 1. The van der Waals surface area contributed by atoms with Crippen LogP contribution in [0.4, 0.5) is 5.69 Å². The summed E-state index contributed by atoms with van der Waals surface area (Å²) in [5.41, 5.74) is 6.84. The minimum Gasteiger partial charge on any atom is -0.460 e. The summed E-state index contributed by atoms with van der Waals surface area (Å²) < 4.78 is 28.3. The lowest BCUT2D eigenvalue weighted by atomic mass is 10.2. The normalized spacial score (nSPS) is 12.1. The highest BCUT2D eigenvalue weighted by atomic mass is 32.2. The first-order valence-electron chi connectivity index (χ1n) is 4.98. The van der Waals surface area contributed by atoms with Gasteiger partial charge in [-0.05, 0) is 18.2 Å². The topological polar surface area (TPSA) is 73.3 Å². The number of nitrogens with two attached hydrogens (primary N) is 1. The highest BCUT2D eigenvalue weighted by Gasteiger charge is 2.13. The molecule has 0 saturated carbocycles. The third-order valence-corrected chi connectivity index (χ3v) is 4.00. The number of hydrogen-bond donors (Lipinski definition) is 1. The molecule has 5 heteroatoms. The molecule has 4 nitrogen and oxygen atoms in total. The monoisotopic (exact) mass is 239 g/mol. The lowest BCUT2D eigenvalue weighted by molar-refractivity contribution is 0.555. The van der Waals surface area contributed by atoms with Gasteiger partial charge in [-0.15, -0.1) is 0 Å². The van der Waals surface area contributed by atoms with Gasteiger partial charge in [0.25, 0.3) is 0 Å². The van der Waals surface area contributed by atoms with Crippen LogP contribution in [-0.2, 0) is 15.6 Å². The molecule has 0 spiro atoms. The first-order valence-corrected chi connectivity index (χ1v) is 6.81. The minimum absolute atomic E-state index is 0.0575. The summed E-state index contributed by atoms with van der Waals surface area (Å²) in [7, 11) is -3.06. The summed E-state index contributed by atoms with van der Waals surface area (Å²) in [4.78, 5) is 0. The summed E-state index contributed by atoms with van der Waals surface area (Å²) in [5.74, 6) is 0.520. The van der Waals surface area contributed by atoms with Crippen molar-refractivity contribution in [3.05, 3.63) is 30.0 Å². The lowest BCUT2D eigenvalue weighted by Crippen LogP contribution is -2.05. The van der Waals surface area contributed by atoms with E-state index in [0.717, 1.165) is 5.39 Å². The second kappa shape index (κ2) is 3.83. The molecular formula is C11H13NO3S. The van der Waals surface area contributed by atoms with Crippen LogP contribution in [0, 0.1) is 0 Å². The largest absolute Gasteiger partial charge is 0.460 e. The predicted octanol–water partition coefficient (Wildman–Crippen LogP) is 1.95. The summed E-state index contributed by atoms with van der Waals surface area (Å²) in [6, 6.07) is 7.01. The maximum atomic E-state index is 11.4. The average molecular weight is 239 g/mol. The molecule has 0 fully saturated rings. The van der Waals surface area contributed by atoms with Crippen LogP contribution < -0.4 is 5.73 Å². The first kappa shape index (κ1) is 11.0. The van der Waals surface area contributed by atoms with E-state index in [-0.39, 0.29) is 11.5 Å². The number of benzene rings is 1. The number of fused-ring (bicyclic) bond motifs is 1. The van der Waals surface area contributed by atoms with Gasteiger partial charge in [-0.1, -0.05) is 6.92 Å². The molecule has 0 radical (unpaired) electrons. The van der Waals surface area contributed by atoms with Gasteiger partial charge in [0.05, 0.1) is 0 Å². The van der Waals surface area contributed by atoms with E-state index in [2.05, 4.69) is 0 Å². The van der Waals surface area contributed by atoms with E-state index in [1.807, 2.05) is 6.07 Å². The van der Waals surface area contributed by atoms with Crippen molar-refractivity contribution in [2.45, 2.75) is 12.7 Å². The second-order valence-corrected chi connectivity index (χ2v) is 6.04. The van der Waals surface area contributed by atoms with Crippen LogP contribution in [0.1, 0.15) is 12.7 Å². The Hall–Kier alpha value is -1.49. The fourth-order valence-corrected chi connectivity index (χ4v) is 2.27. The first-order chi connectivity index (χ1) is 7.50. The molecule has 1 heterocycles. The van der Waals surface area contributed by atoms with Crippen LogP contribution in [-0.4, -0.2) is 14.2 Å². The van der Waals surface area contributed by atoms with Gasteiger partial charge < -0.3 is 10.2 Å². The molecule has 0 atom stereocenters. The van der Waals surface area contributed by atoms with Crippen molar-refractivity contribution in [3.8, 4) is 0 Å². The van der Waals surface area contributed by atoms with E-state index < -0.39 is 9.84 Å².